The van der Waals surface area contributed by atoms with Crippen molar-refractivity contribution in [3.8, 4) is 0 Å². The molecule has 0 radical (unpaired) electrons. The summed E-state index contributed by atoms with van der Waals surface area (Å²) in [4.78, 5) is 4.19. The summed E-state index contributed by atoms with van der Waals surface area (Å²) in [6.07, 6.45) is 3.72. The first-order valence-electron chi connectivity index (χ1n) is 4.28. The van der Waals surface area contributed by atoms with Crippen LogP contribution in [0, 0.1) is 0 Å². The van der Waals surface area contributed by atoms with Crippen LogP contribution in [0.15, 0.2) is 41.7 Å². The Kier molecular flexibility index (Phi) is 5.60. The number of aliphatic imine (C=N–C) groups is 1. The second-order valence-corrected chi connectivity index (χ2v) is 3.04. The molecule has 0 saturated carbocycles. The van der Waals surface area contributed by atoms with Crippen molar-refractivity contribution < 1.29 is 0 Å². The average molecular weight is 178 g/mol. The Morgan fingerprint density at radius 3 is 2.38 bits per heavy atom. The summed E-state index contributed by atoms with van der Waals surface area (Å²) >= 11 is 0. The molecule has 72 valence electrons. The van der Waals surface area contributed by atoms with Crippen LogP contribution in [0.4, 0.5) is 0 Å². The second-order valence-electron chi connectivity index (χ2n) is 3.04. The molecule has 0 amide bonds. The molecule has 0 heterocycles. The van der Waals surface area contributed by atoms with E-state index in [9.17, 15) is 0 Å². The fourth-order valence-electron chi connectivity index (χ4n) is 0.561. The molecule has 1 N–H and O–H groups in total. The van der Waals surface area contributed by atoms with E-state index in [-0.39, 0.29) is 0 Å². The smallest absolute Gasteiger partial charge is 0.0395 e. The van der Waals surface area contributed by atoms with E-state index in [0.29, 0.717) is 0 Å². The van der Waals surface area contributed by atoms with Gasteiger partial charge in [0.25, 0.3) is 0 Å². The van der Waals surface area contributed by atoms with Gasteiger partial charge in [0.2, 0.25) is 0 Å². The molecule has 0 aliphatic heterocycles. The minimum atomic E-state index is 0.766. The number of rotatable bonds is 5. The molecule has 0 saturated heterocycles. The maximum absolute atomic E-state index is 4.19. The Morgan fingerprint density at radius 2 is 1.92 bits per heavy atom. The molecular formula is C11H18N2. The van der Waals surface area contributed by atoms with Crippen molar-refractivity contribution in [3.05, 3.63) is 36.7 Å². The predicted octanol–water partition coefficient (Wildman–Crippen LogP) is 2.66. The molecular weight excluding hydrogens is 160 g/mol. The summed E-state index contributed by atoms with van der Waals surface area (Å²) in [5, 5.41) is 3.08. The highest BCUT2D eigenvalue weighted by molar-refractivity contribution is 5.97. The van der Waals surface area contributed by atoms with Gasteiger partial charge >= 0.3 is 0 Å². The number of nitrogens with one attached hydrogen (secondary N) is 1. The third-order valence-electron chi connectivity index (χ3n) is 1.51. The van der Waals surface area contributed by atoms with Crippen molar-refractivity contribution in [2.75, 3.05) is 6.54 Å². The zero-order chi connectivity index (χ0) is 10.3. The standard InChI is InChI=1S/C11H18N2/c1-9(2)11(5)13-8-6-7-12-10(3)4/h6,8,12H,1,3,7H2,2,4-5H3/b8-6-,13-11?. The van der Waals surface area contributed by atoms with Crippen molar-refractivity contribution >= 4 is 5.71 Å². The lowest BCUT2D eigenvalue weighted by Gasteiger charge is -1.98. The third kappa shape index (κ3) is 7.06. The van der Waals surface area contributed by atoms with E-state index in [4.69, 9.17) is 0 Å². The zero-order valence-electron chi connectivity index (χ0n) is 8.72. The fourth-order valence-corrected chi connectivity index (χ4v) is 0.561. The maximum atomic E-state index is 4.19. The highest BCUT2D eigenvalue weighted by atomic mass is 14.9. The Bertz CT molecular complexity index is 247. The van der Waals surface area contributed by atoms with Crippen LogP contribution in [0.2, 0.25) is 0 Å². The molecule has 0 rings (SSSR count). The van der Waals surface area contributed by atoms with Gasteiger partial charge in [-0.2, -0.15) is 0 Å². The van der Waals surface area contributed by atoms with Gasteiger partial charge in [-0.1, -0.05) is 13.2 Å². The second kappa shape index (κ2) is 6.23. The molecule has 0 bridgehead atoms. The van der Waals surface area contributed by atoms with Crippen molar-refractivity contribution in [3.63, 3.8) is 0 Å². The summed E-state index contributed by atoms with van der Waals surface area (Å²) < 4.78 is 0. The van der Waals surface area contributed by atoms with Gasteiger partial charge in [0.1, 0.15) is 0 Å². The highest BCUT2D eigenvalue weighted by Gasteiger charge is 1.86. The number of nitrogens with zero attached hydrogens (tertiary/aromatic N) is 1. The average Bonchev–Trinajstić information content (AvgIpc) is 2.02. The molecule has 2 nitrogen and oxygen atoms in total. The molecule has 13 heavy (non-hydrogen) atoms. The van der Waals surface area contributed by atoms with Crippen molar-refractivity contribution in [2.45, 2.75) is 20.8 Å². The minimum Gasteiger partial charge on any atom is -0.386 e. The number of hydrogen-bond donors (Lipinski definition) is 1. The molecule has 0 fully saturated rings. The molecule has 0 aromatic heterocycles. The van der Waals surface area contributed by atoms with Gasteiger partial charge in [-0.05, 0) is 32.4 Å². The molecule has 0 atom stereocenters. The Balaban J connectivity index is 3.81. The molecule has 0 aliphatic carbocycles. The van der Waals surface area contributed by atoms with Gasteiger partial charge in [-0.3, -0.25) is 4.99 Å². The first-order chi connectivity index (χ1) is 6.04. The van der Waals surface area contributed by atoms with Crippen LogP contribution in [0.3, 0.4) is 0 Å². The van der Waals surface area contributed by atoms with Gasteiger partial charge in [-0.25, -0.2) is 0 Å². The van der Waals surface area contributed by atoms with Crippen LogP contribution in [0.5, 0.6) is 0 Å². The molecule has 0 aliphatic rings. The summed E-state index contributed by atoms with van der Waals surface area (Å²) in [6.45, 7) is 14.1. The van der Waals surface area contributed by atoms with Gasteiger partial charge < -0.3 is 5.32 Å². The van der Waals surface area contributed by atoms with Crippen LogP contribution >= 0.6 is 0 Å². The normalized spacial score (nSPS) is 11.8. The third-order valence-corrected chi connectivity index (χ3v) is 1.51. The van der Waals surface area contributed by atoms with Gasteiger partial charge in [-0.15, -0.1) is 0 Å². The zero-order valence-corrected chi connectivity index (χ0v) is 8.72. The van der Waals surface area contributed by atoms with E-state index in [0.717, 1.165) is 23.5 Å². The van der Waals surface area contributed by atoms with E-state index in [1.165, 1.54) is 0 Å². The molecule has 0 aromatic rings. The SMILES string of the molecule is C=C(C)NC/C=C\N=C(C)C(=C)C. The summed E-state index contributed by atoms with van der Waals surface area (Å²) in [5.41, 5.74) is 2.93. The van der Waals surface area contributed by atoms with E-state index in [2.05, 4.69) is 23.5 Å². The van der Waals surface area contributed by atoms with Crippen molar-refractivity contribution in [2.24, 2.45) is 4.99 Å². The van der Waals surface area contributed by atoms with Crippen molar-refractivity contribution in [1.82, 2.24) is 5.32 Å². The topological polar surface area (TPSA) is 24.4 Å². The summed E-state index contributed by atoms with van der Waals surface area (Å²) in [6, 6.07) is 0. The number of hydrogen-bond acceptors (Lipinski definition) is 2. The van der Waals surface area contributed by atoms with E-state index >= 15 is 0 Å². The minimum absolute atomic E-state index is 0.766. The predicted molar refractivity (Wildman–Crippen MR) is 59.9 cm³/mol. The highest BCUT2D eigenvalue weighted by Crippen LogP contribution is 1.92. The Labute approximate surface area is 80.8 Å². The van der Waals surface area contributed by atoms with Crippen LogP contribution in [0.25, 0.3) is 0 Å². The van der Waals surface area contributed by atoms with E-state index in [1.54, 1.807) is 6.20 Å². The first kappa shape index (κ1) is 11.7. The lowest BCUT2D eigenvalue weighted by molar-refractivity contribution is 0.909. The summed E-state index contributed by atoms with van der Waals surface area (Å²) in [5.74, 6) is 0. The Morgan fingerprint density at radius 1 is 1.31 bits per heavy atom. The first-order valence-corrected chi connectivity index (χ1v) is 4.28. The van der Waals surface area contributed by atoms with Crippen LogP contribution in [-0.4, -0.2) is 12.3 Å². The molecule has 0 spiro atoms. The van der Waals surface area contributed by atoms with Crippen LogP contribution in [-0.2, 0) is 0 Å². The monoisotopic (exact) mass is 178 g/mol. The fraction of sp³-hybridized carbons (Fsp3) is 0.364. The largest absolute Gasteiger partial charge is 0.386 e. The lowest BCUT2D eigenvalue weighted by Crippen LogP contribution is -2.08. The molecule has 0 aromatic carbocycles. The van der Waals surface area contributed by atoms with E-state index in [1.807, 2.05) is 26.8 Å². The van der Waals surface area contributed by atoms with Gasteiger partial charge in [0.15, 0.2) is 0 Å². The van der Waals surface area contributed by atoms with E-state index < -0.39 is 0 Å². The van der Waals surface area contributed by atoms with Gasteiger partial charge in [0.05, 0.1) is 0 Å². The quantitative estimate of drug-likeness (QED) is 0.643. The Hall–Kier alpha value is -1.31. The molecule has 2 heteroatoms. The maximum Gasteiger partial charge on any atom is 0.0395 e. The van der Waals surface area contributed by atoms with Crippen molar-refractivity contribution in [1.29, 1.82) is 0 Å². The molecule has 0 unspecified atom stereocenters. The van der Waals surface area contributed by atoms with Crippen LogP contribution < -0.4 is 5.32 Å². The van der Waals surface area contributed by atoms with Gasteiger partial charge in [0, 0.05) is 24.2 Å². The number of allylic oxidation sites excluding steroid dienone is 2. The van der Waals surface area contributed by atoms with Crippen LogP contribution in [0.1, 0.15) is 20.8 Å². The summed E-state index contributed by atoms with van der Waals surface area (Å²) in [7, 11) is 0. The lowest BCUT2D eigenvalue weighted by atomic mass is 10.2.